The quantitative estimate of drug-likeness (QED) is 0.554. The van der Waals surface area contributed by atoms with E-state index in [0.29, 0.717) is 11.4 Å². The summed E-state index contributed by atoms with van der Waals surface area (Å²) in [5.41, 5.74) is 2.56. The maximum atomic E-state index is 12.6. The molecule has 0 aliphatic heterocycles. The van der Waals surface area contributed by atoms with Gasteiger partial charge in [-0.3, -0.25) is 4.79 Å². The summed E-state index contributed by atoms with van der Waals surface area (Å²) in [6.07, 6.45) is 0.959. The average Bonchev–Trinajstić information content (AvgIpc) is 3.58. The number of nitrogens with one attached hydrogen (secondary N) is 2. The number of sulfonamides is 1. The van der Waals surface area contributed by atoms with Crippen LogP contribution in [0.1, 0.15) is 19.8 Å². The van der Waals surface area contributed by atoms with E-state index in [0.717, 1.165) is 24.0 Å². The van der Waals surface area contributed by atoms with E-state index in [1.165, 1.54) is 12.1 Å². The lowest BCUT2D eigenvalue weighted by molar-refractivity contribution is -0.122. The molecule has 0 heterocycles. The Kier molecular flexibility index (Phi) is 6.06. The summed E-state index contributed by atoms with van der Waals surface area (Å²) in [6.45, 7) is 1.65. The molecule has 1 fully saturated rings. The monoisotopic (exact) mass is 436 g/mol. The molecule has 4 rings (SSSR count). The van der Waals surface area contributed by atoms with Crippen molar-refractivity contribution in [3.63, 3.8) is 0 Å². The van der Waals surface area contributed by atoms with Crippen molar-refractivity contribution in [2.45, 2.75) is 36.8 Å². The molecule has 6 nitrogen and oxygen atoms in total. The second kappa shape index (κ2) is 8.91. The summed E-state index contributed by atoms with van der Waals surface area (Å²) in [7, 11) is -3.58. The lowest BCUT2D eigenvalue weighted by atomic mass is 10.1. The van der Waals surface area contributed by atoms with Gasteiger partial charge < -0.3 is 10.1 Å². The Morgan fingerprint density at radius 3 is 2.29 bits per heavy atom. The van der Waals surface area contributed by atoms with Crippen molar-refractivity contribution in [2.24, 2.45) is 0 Å². The third-order valence-electron chi connectivity index (χ3n) is 4.95. The molecule has 0 spiro atoms. The number of amides is 1. The summed E-state index contributed by atoms with van der Waals surface area (Å²) in [5, 5.41) is 2.72. The first-order chi connectivity index (χ1) is 14.9. The van der Waals surface area contributed by atoms with E-state index >= 15 is 0 Å². The molecule has 7 heteroatoms. The average molecular weight is 437 g/mol. The minimum absolute atomic E-state index is 0.0185. The topological polar surface area (TPSA) is 84.5 Å². The zero-order valence-electron chi connectivity index (χ0n) is 17.1. The summed E-state index contributed by atoms with van der Waals surface area (Å²) < 4.78 is 33.1. The van der Waals surface area contributed by atoms with Gasteiger partial charge in [-0.25, -0.2) is 13.1 Å². The number of hydrogen-bond acceptors (Lipinski definition) is 4. The third kappa shape index (κ3) is 5.51. The zero-order chi connectivity index (χ0) is 21.8. The van der Waals surface area contributed by atoms with Crippen LogP contribution in [0.4, 0.5) is 5.69 Å². The highest BCUT2D eigenvalue weighted by molar-refractivity contribution is 7.89. The summed E-state index contributed by atoms with van der Waals surface area (Å²) in [6, 6.07) is 23.7. The number of carbonyl (C=O) groups excluding carboxylic acids is 1. The Morgan fingerprint density at radius 1 is 0.935 bits per heavy atom. The zero-order valence-corrected chi connectivity index (χ0v) is 17.9. The highest BCUT2D eigenvalue weighted by Crippen LogP contribution is 2.24. The number of carbonyl (C=O) groups is 1. The highest BCUT2D eigenvalue weighted by atomic mass is 32.2. The lowest BCUT2D eigenvalue weighted by Crippen LogP contribution is -2.30. The Morgan fingerprint density at radius 2 is 1.61 bits per heavy atom. The minimum Gasteiger partial charge on any atom is -0.481 e. The Bertz CT molecular complexity index is 1160. The first kappa shape index (κ1) is 21.1. The Labute approximate surface area is 182 Å². The standard InChI is InChI=1S/C24H24N2O4S/c1-17(30-22-14-10-19(11-15-22)18-6-3-2-4-7-18)24(27)25-21-8-5-9-23(16-21)31(28,29)26-20-12-13-20/h2-11,14-17,20,26H,12-13H2,1H3,(H,25,27). The van der Waals surface area contributed by atoms with Crippen molar-refractivity contribution in [2.75, 3.05) is 5.32 Å². The molecule has 1 amide bonds. The van der Waals surface area contributed by atoms with Crippen LogP contribution in [0.2, 0.25) is 0 Å². The Hall–Kier alpha value is -3.16. The molecular formula is C24H24N2O4S. The largest absolute Gasteiger partial charge is 0.481 e. The number of rotatable bonds is 8. The van der Waals surface area contributed by atoms with Gasteiger partial charge in [-0.1, -0.05) is 48.5 Å². The van der Waals surface area contributed by atoms with Gasteiger partial charge in [0.05, 0.1) is 4.90 Å². The van der Waals surface area contributed by atoms with Crippen molar-refractivity contribution in [3.05, 3.63) is 78.9 Å². The molecule has 160 valence electrons. The van der Waals surface area contributed by atoms with Crippen molar-refractivity contribution in [1.82, 2.24) is 4.72 Å². The highest BCUT2D eigenvalue weighted by Gasteiger charge is 2.28. The summed E-state index contributed by atoms with van der Waals surface area (Å²) in [4.78, 5) is 12.7. The number of anilines is 1. The molecule has 1 saturated carbocycles. The molecule has 0 bridgehead atoms. The van der Waals surface area contributed by atoms with Crippen molar-refractivity contribution in [3.8, 4) is 16.9 Å². The fraction of sp³-hybridized carbons (Fsp3) is 0.208. The van der Waals surface area contributed by atoms with Crippen LogP contribution in [0.25, 0.3) is 11.1 Å². The molecule has 3 aromatic carbocycles. The van der Waals surface area contributed by atoms with Crippen molar-refractivity contribution < 1.29 is 17.9 Å². The van der Waals surface area contributed by atoms with Crippen molar-refractivity contribution in [1.29, 1.82) is 0 Å². The molecule has 3 aromatic rings. The van der Waals surface area contributed by atoms with E-state index < -0.39 is 16.1 Å². The van der Waals surface area contributed by atoms with Gasteiger partial charge in [0.15, 0.2) is 6.10 Å². The van der Waals surface area contributed by atoms with E-state index in [1.54, 1.807) is 19.1 Å². The fourth-order valence-corrected chi connectivity index (χ4v) is 4.44. The SMILES string of the molecule is CC(Oc1ccc(-c2ccccc2)cc1)C(=O)Nc1cccc(S(=O)(=O)NC2CC2)c1. The van der Waals surface area contributed by atoms with Gasteiger partial charge in [-0.15, -0.1) is 0 Å². The first-order valence-corrected chi connectivity index (χ1v) is 11.6. The van der Waals surface area contributed by atoms with E-state index in [9.17, 15) is 13.2 Å². The lowest BCUT2D eigenvalue weighted by Gasteiger charge is -2.15. The molecule has 0 aromatic heterocycles. The van der Waals surface area contributed by atoms with E-state index in [2.05, 4.69) is 10.0 Å². The molecular weight excluding hydrogens is 412 g/mol. The van der Waals surface area contributed by atoms with E-state index in [1.807, 2.05) is 54.6 Å². The summed E-state index contributed by atoms with van der Waals surface area (Å²) >= 11 is 0. The van der Waals surface area contributed by atoms with Gasteiger partial charge >= 0.3 is 0 Å². The molecule has 1 aliphatic rings. The van der Waals surface area contributed by atoms with Gasteiger partial charge in [-0.2, -0.15) is 0 Å². The van der Waals surface area contributed by atoms with Gasteiger partial charge in [0, 0.05) is 11.7 Å². The molecule has 1 atom stereocenters. The van der Waals surface area contributed by atoms with Crippen molar-refractivity contribution >= 4 is 21.6 Å². The van der Waals surface area contributed by atoms with Crippen LogP contribution in [0.3, 0.4) is 0 Å². The van der Waals surface area contributed by atoms with Crippen LogP contribution in [-0.2, 0) is 14.8 Å². The normalized spacial score (nSPS) is 14.6. The minimum atomic E-state index is -3.58. The molecule has 31 heavy (non-hydrogen) atoms. The fourth-order valence-electron chi connectivity index (χ4n) is 3.09. The molecule has 1 aliphatic carbocycles. The number of benzene rings is 3. The van der Waals surface area contributed by atoms with Gasteiger partial charge in [0.25, 0.3) is 5.91 Å². The smallest absolute Gasteiger partial charge is 0.265 e. The maximum absolute atomic E-state index is 12.6. The van der Waals surface area contributed by atoms with Crippen LogP contribution in [0.5, 0.6) is 5.75 Å². The van der Waals surface area contributed by atoms with Crippen LogP contribution in [-0.4, -0.2) is 26.5 Å². The van der Waals surface area contributed by atoms with E-state index in [-0.39, 0.29) is 16.8 Å². The third-order valence-corrected chi connectivity index (χ3v) is 6.47. The maximum Gasteiger partial charge on any atom is 0.265 e. The second-order valence-electron chi connectivity index (χ2n) is 7.56. The molecule has 0 saturated heterocycles. The van der Waals surface area contributed by atoms with Gasteiger partial charge in [0.2, 0.25) is 10.0 Å². The summed E-state index contributed by atoms with van der Waals surface area (Å²) in [5.74, 6) is 0.212. The molecule has 0 radical (unpaired) electrons. The molecule has 1 unspecified atom stereocenters. The molecule has 2 N–H and O–H groups in total. The van der Waals surface area contributed by atoms with Crippen LogP contribution in [0, 0.1) is 0 Å². The second-order valence-corrected chi connectivity index (χ2v) is 9.28. The van der Waals surface area contributed by atoms with E-state index in [4.69, 9.17) is 4.74 Å². The number of hydrogen-bond donors (Lipinski definition) is 2. The Balaban J connectivity index is 1.38. The van der Waals surface area contributed by atoms with Crippen LogP contribution >= 0.6 is 0 Å². The predicted octanol–water partition coefficient (Wildman–Crippen LogP) is 4.20. The number of ether oxygens (including phenoxy) is 1. The first-order valence-electron chi connectivity index (χ1n) is 10.2. The van der Waals surface area contributed by atoms with Gasteiger partial charge in [0.1, 0.15) is 5.75 Å². The van der Waals surface area contributed by atoms with Crippen LogP contribution < -0.4 is 14.8 Å². The van der Waals surface area contributed by atoms with Gasteiger partial charge in [-0.05, 0) is 61.2 Å². The van der Waals surface area contributed by atoms with Crippen LogP contribution in [0.15, 0.2) is 83.8 Å². The predicted molar refractivity (Wildman–Crippen MR) is 120 cm³/mol.